The molecule has 0 aliphatic rings. The van der Waals surface area contributed by atoms with Gasteiger partial charge in [-0.05, 0) is 104 Å². The summed E-state index contributed by atoms with van der Waals surface area (Å²) >= 11 is 0. The Bertz CT molecular complexity index is 1210. The smallest absolute Gasteiger partial charge is 0.0456 e. The van der Waals surface area contributed by atoms with Crippen LogP contribution in [0.2, 0.25) is 0 Å². The van der Waals surface area contributed by atoms with E-state index < -0.39 is 0 Å². The van der Waals surface area contributed by atoms with Gasteiger partial charge in [-0.3, -0.25) is 19.6 Å². The molecule has 0 aromatic carbocycles. The van der Waals surface area contributed by atoms with Crippen LogP contribution < -0.4 is 99.5 Å². The first-order valence-corrected chi connectivity index (χ1v) is 34.2. The molecule has 0 radical (unpaired) electrons. The minimum atomic E-state index is 0.559. The minimum absolute atomic E-state index is 0.559. The lowest BCUT2D eigenvalue weighted by Crippen LogP contribution is -2.46. The normalized spacial score (nSPS) is 12.3. The van der Waals surface area contributed by atoms with E-state index in [0.29, 0.717) is 45.9 Å². The van der Waals surface area contributed by atoms with Crippen molar-refractivity contribution in [1.82, 2.24) is 82.2 Å². The van der Waals surface area contributed by atoms with Crippen LogP contribution in [-0.4, -0.2) is 342 Å². The summed E-state index contributed by atoms with van der Waals surface area (Å²) in [6.07, 6.45) is 14.5. The van der Waals surface area contributed by atoms with Gasteiger partial charge in [0.2, 0.25) is 0 Å². The van der Waals surface area contributed by atoms with Gasteiger partial charge in [0.15, 0.2) is 0 Å². The van der Waals surface area contributed by atoms with E-state index in [2.05, 4.69) is 82.2 Å². The van der Waals surface area contributed by atoms with E-state index in [1.54, 1.807) is 0 Å². The summed E-state index contributed by atoms with van der Waals surface area (Å²) < 4.78 is 0. The maximum atomic E-state index is 6.07. The summed E-state index contributed by atoms with van der Waals surface area (Å²) in [5.41, 5.74) is 52.5. The second-order valence-electron chi connectivity index (χ2n) is 22.7. The average molecular weight is 1200 g/mol. The van der Waals surface area contributed by atoms with E-state index in [-0.39, 0.29) is 0 Å². The molecule has 0 saturated carbocycles. The largest absolute Gasteiger partial charge is 0.330 e. The number of nitrogens with one attached hydrogen (secondary N) is 9. The molecule has 25 heteroatoms. The summed E-state index contributed by atoms with van der Waals surface area (Å²) in [5.74, 6) is 0. The van der Waals surface area contributed by atoms with Gasteiger partial charge >= 0.3 is 0 Å². The molecule has 0 amide bonds. The molecule has 0 aromatic rings. The summed E-state index contributed by atoms with van der Waals surface area (Å²) in [6.45, 7) is 43.7. The van der Waals surface area contributed by atoms with Crippen molar-refractivity contribution in [2.75, 3.05) is 308 Å². The van der Waals surface area contributed by atoms with E-state index in [9.17, 15) is 0 Å². The van der Waals surface area contributed by atoms with Crippen LogP contribution in [0.5, 0.6) is 0 Å². The zero-order valence-electron chi connectivity index (χ0n) is 54.5. The minimum Gasteiger partial charge on any atom is -0.330 e. The van der Waals surface area contributed by atoms with Crippen LogP contribution in [0, 0.1) is 0 Å². The Morgan fingerprint density at radius 3 is 0.643 bits per heavy atom. The Kier molecular flexibility index (Phi) is 68.6. The zero-order chi connectivity index (χ0) is 61.1. The Balaban J connectivity index is 4.98. The van der Waals surface area contributed by atoms with Gasteiger partial charge in [0, 0.05) is 255 Å². The Labute approximate surface area is 516 Å². The summed E-state index contributed by atoms with van der Waals surface area (Å²) in [6, 6.07) is 0. The molecular formula is C59H145N25. The van der Waals surface area contributed by atoms with Crippen molar-refractivity contribution in [1.29, 1.82) is 0 Å². The van der Waals surface area contributed by atoms with Gasteiger partial charge < -0.3 is 114 Å². The molecule has 0 aliphatic heterocycles. The SMILES string of the molecule is NCCCCCN(CCNCCN)CCNCCN(CCNCCN)CCN(CCNCCCCCNCCCCCN(CCN)CCNCCCCCN(CCN)CCN)CCNCCN(CCN)CCNCCN(CN)CCNCCN. The van der Waals surface area contributed by atoms with Crippen LogP contribution in [0.3, 0.4) is 0 Å². The molecule has 0 saturated heterocycles. The monoisotopic (exact) mass is 1200 g/mol. The van der Waals surface area contributed by atoms with Crippen LogP contribution in [0.15, 0.2) is 0 Å². The van der Waals surface area contributed by atoms with E-state index >= 15 is 0 Å². The number of unbranched alkanes of at least 4 members (excludes halogenated alkanes) is 8. The number of nitrogens with two attached hydrogens (primary N) is 9. The topological polar surface area (TPSA) is 365 Å². The summed E-state index contributed by atoms with van der Waals surface area (Å²) in [7, 11) is 0. The third kappa shape index (κ3) is 58.7. The predicted molar refractivity (Wildman–Crippen MR) is 363 cm³/mol. The Hall–Kier alpha value is -1.00. The molecule has 0 atom stereocenters. The van der Waals surface area contributed by atoms with E-state index in [4.69, 9.17) is 51.6 Å². The van der Waals surface area contributed by atoms with Crippen LogP contribution in [0.1, 0.15) is 77.0 Å². The molecule has 0 fully saturated rings. The number of hydrogen-bond donors (Lipinski definition) is 18. The van der Waals surface area contributed by atoms with Gasteiger partial charge in [-0.15, -0.1) is 0 Å². The van der Waals surface area contributed by atoms with Crippen LogP contribution in [0.25, 0.3) is 0 Å². The van der Waals surface area contributed by atoms with Gasteiger partial charge in [-0.25, -0.2) is 0 Å². The van der Waals surface area contributed by atoms with Crippen molar-refractivity contribution in [2.45, 2.75) is 77.0 Å². The maximum absolute atomic E-state index is 6.07. The van der Waals surface area contributed by atoms with Crippen molar-refractivity contribution in [3.05, 3.63) is 0 Å². The van der Waals surface area contributed by atoms with Gasteiger partial charge in [0.05, 0.1) is 0 Å². The molecule has 0 heterocycles. The highest BCUT2D eigenvalue weighted by Gasteiger charge is 2.13. The molecule has 0 aromatic heterocycles. The molecule has 25 nitrogen and oxygen atoms in total. The number of rotatable bonds is 74. The first kappa shape index (κ1) is 83.0. The number of nitrogens with zero attached hydrogens (tertiary/aromatic N) is 7. The number of hydrogen-bond acceptors (Lipinski definition) is 25. The summed E-state index contributed by atoms with van der Waals surface area (Å²) in [5, 5.41) is 32.7. The van der Waals surface area contributed by atoms with Crippen molar-refractivity contribution in [3.63, 3.8) is 0 Å². The standard InChI is InChI=1S/C59H145N25/c60-13-5-1-10-41-80(47-30-72-25-14-61)48-32-75-35-54-83(52-31-73-26-15-62)58-57-82(53-36-76-33-49-81(45-20-67)50-34-77-38-56-84(59-68)55-37-74-27-16-63)51-29-70-23-7-2-6-21-69-22-8-3-12-40-79(44-19-66)46-28-71-24-9-4-11-39-78(42-17-64)43-18-65/h69-77H,1-68H2. The molecule has 506 valence electrons. The first-order valence-electron chi connectivity index (χ1n) is 34.2. The molecule has 0 rings (SSSR count). The van der Waals surface area contributed by atoms with Gasteiger partial charge in [-0.1, -0.05) is 25.7 Å². The molecule has 0 bridgehead atoms. The predicted octanol–water partition coefficient (Wildman–Crippen LogP) is -5.33. The van der Waals surface area contributed by atoms with Crippen molar-refractivity contribution in [2.24, 2.45) is 51.6 Å². The lowest BCUT2D eigenvalue weighted by molar-refractivity contribution is 0.201. The quantitative estimate of drug-likeness (QED) is 0.0200. The average Bonchev–Trinajstić information content (AvgIpc) is 3.50. The Morgan fingerprint density at radius 2 is 0.357 bits per heavy atom. The van der Waals surface area contributed by atoms with E-state index in [1.807, 2.05) is 0 Å². The molecule has 0 unspecified atom stereocenters. The van der Waals surface area contributed by atoms with Gasteiger partial charge in [0.1, 0.15) is 0 Å². The Morgan fingerprint density at radius 1 is 0.143 bits per heavy atom. The van der Waals surface area contributed by atoms with Crippen molar-refractivity contribution < 1.29 is 0 Å². The highest BCUT2D eigenvalue weighted by Crippen LogP contribution is 2.02. The highest BCUT2D eigenvalue weighted by molar-refractivity contribution is 4.72. The van der Waals surface area contributed by atoms with Crippen LogP contribution >= 0.6 is 0 Å². The highest BCUT2D eigenvalue weighted by atomic mass is 15.2. The fraction of sp³-hybridized carbons (Fsp3) is 1.00. The fourth-order valence-electron chi connectivity index (χ4n) is 10.2. The van der Waals surface area contributed by atoms with Crippen LogP contribution in [0.4, 0.5) is 0 Å². The molecular weight excluding hydrogens is 1060 g/mol. The van der Waals surface area contributed by atoms with Gasteiger partial charge in [-0.2, -0.15) is 0 Å². The third-order valence-electron chi connectivity index (χ3n) is 15.4. The lowest BCUT2D eigenvalue weighted by atomic mass is 10.2. The second-order valence-corrected chi connectivity index (χ2v) is 22.7. The van der Waals surface area contributed by atoms with Crippen LogP contribution in [-0.2, 0) is 0 Å². The van der Waals surface area contributed by atoms with E-state index in [0.717, 1.165) is 268 Å². The van der Waals surface area contributed by atoms with Crippen molar-refractivity contribution in [3.8, 4) is 0 Å². The van der Waals surface area contributed by atoms with E-state index in [1.165, 1.54) is 70.6 Å². The lowest BCUT2D eigenvalue weighted by Gasteiger charge is -2.29. The fourth-order valence-corrected chi connectivity index (χ4v) is 10.2. The first-order chi connectivity index (χ1) is 41.4. The summed E-state index contributed by atoms with van der Waals surface area (Å²) in [4.78, 5) is 17.5. The van der Waals surface area contributed by atoms with Crippen molar-refractivity contribution >= 4 is 0 Å². The molecule has 27 N–H and O–H groups in total. The van der Waals surface area contributed by atoms with Gasteiger partial charge in [0.25, 0.3) is 0 Å². The third-order valence-corrected chi connectivity index (χ3v) is 15.4. The molecule has 84 heavy (non-hydrogen) atoms. The zero-order valence-corrected chi connectivity index (χ0v) is 54.5. The molecule has 0 aliphatic carbocycles. The second kappa shape index (κ2) is 69.5. The molecule has 0 spiro atoms. The maximum Gasteiger partial charge on any atom is 0.0456 e.